The molecule has 0 spiro atoms. The monoisotopic (exact) mass is 219 g/mol. The molecule has 8 heteroatoms. The van der Waals surface area contributed by atoms with Gasteiger partial charge < -0.3 is 5.73 Å². The van der Waals surface area contributed by atoms with Gasteiger partial charge in [-0.05, 0) is 6.42 Å². The highest BCUT2D eigenvalue weighted by atomic mass is 32.2. The molecule has 0 aliphatic heterocycles. The number of aromatic nitrogens is 2. The fraction of sp³-hybridized carbons (Fsp3) is 0.500. The van der Waals surface area contributed by atoms with E-state index in [9.17, 15) is 8.42 Å². The molecule has 0 unspecified atom stereocenters. The van der Waals surface area contributed by atoms with Gasteiger partial charge in [-0.15, -0.1) is 0 Å². The first kappa shape index (κ1) is 10.8. The summed E-state index contributed by atoms with van der Waals surface area (Å²) in [5.74, 6) is 0.175. The average Bonchev–Trinajstić information content (AvgIpc) is 2.48. The number of rotatable bonds is 5. The van der Waals surface area contributed by atoms with Gasteiger partial charge in [-0.3, -0.25) is 9.82 Å². The van der Waals surface area contributed by atoms with Crippen molar-refractivity contribution in [2.24, 2.45) is 0 Å². The van der Waals surface area contributed by atoms with Gasteiger partial charge >= 0.3 is 0 Å². The molecule has 0 atom stereocenters. The first-order valence-corrected chi connectivity index (χ1v) is 5.59. The summed E-state index contributed by atoms with van der Waals surface area (Å²) >= 11 is 0. The van der Waals surface area contributed by atoms with Crippen LogP contribution in [0.2, 0.25) is 0 Å². The van der Waals surface area contributed by atoms with Crippen LogP contribution in [0.15, 0.2) is 6.20 Å². The van der Waals surface area contributed by atoms with Crippen molar-refractivity contribution < 1.29 is 8.42 Å². The number of nitrogen functional groups attached to an aromatic ring is 1. The molecule has 1 heterocycles. The van der Waals surface area contributed by atoms with E-state index >= 15 is 0 Å². The lowest BCUT2D eigenvalue weighted by Gasteiger charge is -2.06. The number of aromatic amines is 1. The number of hydrogen-bond donors (Lipinski definition) is 4. The molecule has 0 bridgehead atoms. The molecule has 0 aromatic carbocycles. The zero-order chi connectivity index (χ0) is 10.6. The second-order valence-corrected chi connectivity index (χ2v) is 4.20. The molecule has 1 aromatic rings. The maximum atomic E-state index is 11.3. The molecule has 0 saturated heterocycles. The predicted octanol–water partition coefficient (Wildman–Crippen LogP) is -0.352. The highest BCUT2D eigenvalue weighted by Gasteiger charge is 2.11. The topological polar surface area (TPSA) is 113 Å². The third kappa shape index (κ3) is 2.89. The standard InChI is InChI=1S/C6H13N5O2S/c1-2-3-9-14(12,13)11-6-5(7)4-8-10-6/h4,9H,2-3,7H2,1H3,(H2,8,10,11). The quantitative estimate of drug-likeness (QED) is 0.542. The van der Waals surface area contributed by atoms with Crippen LogP contribution in [0, 0.1) is 0 Å². The molecular formula is C6H13N5O2S. The second-order valence-electron chi connectivity index (χ2n) is 2.70. The molecule has 0 radical (unpaired) electrons. The van der Waals surface area contributed by atoms with Crippen LogP contribution in [-0.2, 0) is 10.2 Å². The van der Waals surface area contributed by atoms with E-state index in [4.69, 9.17) is 5.73 Å². The van der Waals surface area contributed by atoms with Gasteiger partial charge in [0.15, 0.2) is 5.82 Å². The summed E-state index contributed by atoms with van der Waals surface area (Å²) in [6, 6.07) is 0. The van der Waals surface area contributed by atoms with E-state index in [-0.39, 0.29) is 11.5 Å². The van der Waals surface area contributed by atoms with Crippen LogP contribution in [0.25, 0.3) is 0 Å². The molecule has 5 N–H and O–H groups in total. The summed E-state index contributed by atoms with van der Waals surface area (Å²) in [5, 5.41) is 6.01. The van der Waals surface area contributed by atoms with E-state index < -0.39 is 10.2 Å². The van der Waals surface area contributed by atoms with Gasteiger partial charge in [0.1, 0.15) is 0 Å². The SMILES string of the molecule is CCCNS(=O)(=O)Nc1[nH]ncc1N. The first-order valence-electron chi connectivity index (χ1n) is 4.11. The summed E-state index contributed by atoms with van der Waals surface area (Å²) in [6.45, 7) is 2.25. The Kier molecular flexibility index (Phi) is 3.31. The lowest BCUT2D eigenvalue weighted by atomic mass is 10.5. The summed E-state index contributed by atoms with van der Waals surface area (Å²) < 4.78 is 27.1. The molecule has 0 aliphatic rings. The average molecular weight is 219 g/mol. The Labute approximate surface area is 82.3 Å². The maximum Gasteiger partial charge on any atom is 0.300 e. The van der Waals surface area contributed by atoms with E-state index in [1.807, 2.05) is 6.92 Å². The smallest absolute Gasteiger partial charge is 0.300 e. The van der Waals surface area contributed by atoms with Crippen LogP contribution >= 0.6 is 0 Å². The molecule has 80 valence electrons. The number of nitrogens with zero attached hydrogens (tertiary/aromatic N) is 1. The molecule has 0 saturated carbocycles. The van der Waals surface area contributed by atoms with Crippen LogP contribution in [0.5, 0.6) is 0 Å². The molecule has 0 fully saturated rings. The van der Waals surface area contributed by atoms with Crippen molar-refractivity contribution >= 4 is 21.7 Å². The molecule has 14 heavy (non-hydrogen) atoms. The van der Waals surface area contributed by atoms with Crippen LogP contribution in [0.4, 0.5) is 11.5 Å². The Morgan fingerprint density at radius 2 is 2.36 bits per heavy atom. The maximum absolute atomic E-state index is 11.3. The van der Waals surface area contributed by atoms with E-state index in [0.717, 1.165) is 6.42 Å². The minimum atomic E-state index is -3.54. The minimum absolute atomic E-state index is 0.175. The summed E-state index contributed by atoms with van der Waals surface area (Å²) in [5.41, 5.74) is 5.68. The van der Waals surface area contributed by atoms with Gasteiger partial charge in [0.2, 0.25) is 0 Å². The molecule has 0 aliphatic carbocycles. The fourth-order valence-electron chi connectivity index (χ4n) is 0.784. The van der Waals surface area contributed by atoms with Crippen molar-refractivity contribution in [1.29, 1.82) is 0 Å². The number of hydrogen-bond acceptors (Lipinski definition) is 4. The molecular weight excluding hydrogens is 206 g/mol. The number of anilines is 2. The van der Waals surface area contributed by atoms with E-state index in [0.29, 0.717) is 6.54 Å². The predicted molar refractivity (Wildman–Crippen MR) is 53.8 cm³/mol. The van der Waals surface area contributed by atoms with Gasteiger partial charge in [0, 0.05) is 6.54 Å². The molecule has 7 nitrogen and oxygen atoms in total. The summed E-state index contributed by atoms with van der Waals surface area (Å²) in [7, 11) is -3.54. The van der Waals surface area contributed by atoms with Crippen LogP contribution in [0.3, 0.4) is 0 Å². The number of H-pyrrole nitrogens is 1. The zero-order valence-corrected chi connectivity index (χ0v) is 8.56. The van der Waals surface area contributed by atoms with Crippen molar-refractivity contribution in [3.8, 4) is 0 Å². The highest BCUT2D eigenvalue weighted by Crippen LogP contribution is 2.12. The van der Waals surface area contributed by atoms with Crippen molar-refractivity contribution in [1.82, 2.24) is 14.9 Å². The lowest BCUT2D eigenvalue weighted by molar-refractivity contribution is 0.586. The Hall–Kier alpha value is -1.28. The fourth-order valence-corrected chi connectivity index (χ4v) is 1.76. The van der Waals surface area contributed by atoms with E-state index in [1.54, 1.807) is 0 Å². The van der Waals surface area contributed by atoms with Gasteiger partial charge in [0.05, 0.1) is 11.9 Å². The highest BCUT2D eigenvalue weighted by molar-refractivity contribution is 7.90. The molecule has 1 rings (SSSR count). The van der Waals surface area contributed by atoms with Crippen molar-refractivity contribution in [2.75, 3.05) is 17.0 Å². The Balaban J connectivity index is 2.64. The van der Waals surface area contributed by atoms with E-state index in [2.05, 4.69) is 19.6 Å². The van der Waals surface area contributed by atoms with Gasteiger partial charge in [-0.2, -0.15) is 18.2 Å². The Bertz CT molecular complexity index is 385. The second kappa shape index (κ2) is 4.29. The summed E-state index contributed by atoms with van der Waals surface area (Å²) in [4.78, 5) is 0. The van der Waals surface area contributed by atoms with Crippen LogP contribution in [0.1, 0.15) is 13.3 Å². The van der Waals surface area contributed by atoms with Gasteiger partial charge in [-0.1, -0.05) is 6.92 Å². The normalized spacial score (nSPS) is 11.5. The van der Waals surface area contributed by atoms with Gasteiger partial charge in [-0.25, -0.2) is 0 Å². The Morgan fingerprint density at radius 3 is 2.86 bits per heavy atom. The van der Waals surface area contributed by atoms with Crippen molar-refractivity contribution in [2.45, 2.75) is 13.3 Å². The minimum Gasteiger partial charge on any atom is -0.394 e. The Morgan fingerprint density at radius 1 is 1.64 bits per heavy atom. The first-order chi connectivity index (χ1) is 6.55. The number of nitrogens with two attached hydrogens (primary N) is 1. The zero-order valence-electron chi connectivity index (χ0n) is 7.74. The van der Waals surface area contributed by atoms with Crippen molar-refractivity contribution in [3.05, 3.63) is 6.20 Å². The molecule has 1 aromatic heterocycles. The van der Waals surface area contributed by atoms with Crippen LogP contribution < -0.4 is 15.2 Å². The lowest BCUT2D eigenvalue weighted by Crippen LogP contribution is -2.31. The van der Waals surface area contributed by atoms with E-state index in [1.165, 1.54) is 6.20 Å². The largest absolute Gasteiger partial charge is 0.394 e. The van der Waals surface area contributed by atoms with Gasteiger partial charge in [0.25, 0.3) is 10.2 Å². The van der Waals surface area contributed by atoms with Crippen molar-refractivity contribution in [3.63, 3.8) is 0 Å². The summed E-state index contributed by atoms with van der Waals surface area (Å²) in [6.07, 6.45) is 2.05. The number of nitrogens with one attached hydrogen (secondary N) is 3. The third-order valence-corrected chi connectivity index (χ3v) is 2.50. The van der Waals surface area contributed by atoms with Crippen LogP contribution in [-0.4, -0.2) is 25.2 Å². The third-order valence-electron chi connectivity index (χ3n) is 1.45. The molecule has 0 amide bonds.